The van der Waals surface area contributed by atoms with Crippen molar-refractivity contribution in [3.05, 3.63) is 16.0 Å². The van der Waals surface area contributed by atoms with Crippen LogP contribution in [0.2, 0.25) is 0 Å². The third-order valence-electron chi connectivity index (χ3n) is 2.68. The zero-order valence-electron chi connectivity index (χ0n) is 8.29. The van der Waals surface area contributed by atoms with Crippen LogP contribution in [0, 0.1) is 11.3 Å². The normalized spacial score (nSPS) is 24.6. The lowest BCUT2D eigenvalue weighted by atomic mass is 9.94. The van der Waals surface area contributed by atoms with Gasteiger partial charge in [0.05, 0.1) is 10.8 Å². The van der Waals surface area contributed by atoms with E-state index in [-0.39, 0.29) is 5.25 Å². The van der Waals surface area contributed by atoms with Crippen LogP contribution < -0.4 is 5.73 Å². The first-order chi connectivity index (χ1) is 7.19. The molecule has 0 amide bonds. The molecule has 0 spiro atoms. The van der Waals surface area contributed by atoms with Crippen LogP contribution in [0.15, 0.2) is 0 Å². The van der Waals surface area contributed by atoms with E-state index in [4.69, 9.17) is 11.0 Å². The number of alkyl halides is 1. The number of nitriles is 1. The number of hydrogen-bond donors (Lipinski definition) is 1. The molecule has 80 valence electrons. The number of halogens is 1. The van der Waals surface area contributed by atoms with Gasteiger partial charge in [0, 0.05) is 10.4 Å². The quantitative estimate of drug-likeness (QED) is 0.823. The van der Waals surface area contributed by atoms with E-state index in [2.05, 4.69) is 6.07 Å². The van der Waals surface area contributed by atoms with Gasteiger partial charge in [0.1, 0.15) is 17.2 Å². The Morgan fingerprint density at radius 2 is 2.40 bits per heavy atom. The maximum Gasteiger partial charge on any atom is 0.116 e. The summed E-state index contributed by atoms with van der Waals surface area (Å²) in [6.45, 7) is 0. The van der Waals surface area contributed by atoms with Gasteiger partial charge in [-0.15, -0.1) is 11.3 Å². The van der Waals surface area contributed by atoms with Gasteiger partial charge in [0.2, 0.25) is 0 Å². The van der Waals surface area contributed by atoms with Crippen LogP contribution in [0.5, 0.6) is 0 Å². The largest absolute Gasteiger partial charge is 0.389 e. The number of nitrogen functional groups attached to an aromatic ring is 1. The minimum atomic E-state index is -0.853. The molecule has 1 aliphatic carbocycles. The highest BCUT2D eigenvalue weighted by atomic mass is 32.2. The van der Waals surface area contributed by atoms with Gasteiger partial charge in [-0.1, -0.05) is 0 Å². The van der Waals surface area contributed by atoms with Crippen LogP contribution in [0.4, 0.5) is 9.39 Å². The van der Waals surface area contributed by atoms with E-state index in [0.717, 1.165) is 10.4 Å². The Balaban J connectivity index is 2.56. The van der Waals surface area contributed by atoms with Crippen LogP contribution in [-0.4, -0.2) is 12.4 Å². The van der Waals surface area contributed by atoms with Gasteiger partial charge in [-0.3, -0.25) is 0 Å². The number of hydrogen-bond acceptors (Lipinski definition) is 4. The van der Waals surface area contributed by atoms with E-state index in [0.29, 0.717) is 23.4 Å². The lowest BCUT2D eigenvalue weighted by Crippen LogP contribution is -2.18. The summed E-state index contributed by atoms with van der Waals surface area (Å²) < 4.78 is 13.7. The summed E-state index contributed by atoms with van der Waals surface area (Å²) in [6.07, 6.45) is 2.28. The number of fused-ring (bicyclic) bond motifs is 1. The summed E-state index contributed by atoms with van der Waals surface area (Å²) in [6, 6.07) is 2.09. The maximum atomic E-state index is 13.7. The van der Waals surface area contributed by atoms with Crippen molar-refractivity contribution < 1.29 is 4.39 Å². The summed E-state index contributed by atoms with van der Waals surface area (Å²) in [7, 11) is 0. The Kier molecular flexibility index (Phi) is 2.89. The molecule has 5 heteroatoms. The molecule has 0 bridgehead atoms. The second-order valence-corrected chi connectivity index (χ2v) is 5.62. The predicted molar refractivity (Wildman–Crippen MR) is 62.9 cm³/mol. The van der Waals surface area contributed by atoms with E-state index in [1.165, 1.54) is 23.1 Å². The monoisotopic (exact) mass is 242 g/mol. The number of rotatable bonds is 1. The lowest BCUT2D eigenvalue weighted by Gasteiger charge is -2.24. The zero-order valence-corrected chi connectivity index (χ0v) is 9.92. The smallest absolute Gasteiger partial charge is 0.116 e. The second kappa shape index (κ2) is 4.03. The number of thiophene rings is 1. The summed E-state index contributed by atoms with van der Waals surface area (Å²) in [5.74, 6) is 0. The fraction of sp³-hybridized carbons (Fsp3) is 0.500. The molecule has 2 N–H and O–H groups in total. The molecular formula is C10H11FN2S2. The van der Waals surface area contributed by atoms with Crippen molar-refractivity contribution in [2.24, 2.45) is 0 Å². The first-order valence-corrected chi connectivity index (χ1v) is 6.77. The highest BCUT2D eigenvalue weighted by Crippen LogP contribution is 2.47. The van der Waals surface area contributed by atoms with E-state index >= 15 is 0 Å². The number of thioether (sulfide) groups is 1. The Labute approximate surface area is 96.3 Å². The van der Waals surface area contributed by atoms with Crippen molar-refractivity contribution in [1.82, 2.24) is 0 Å². The molecule has 0 fully saturated rings. The van der Waals surface area contributed by atoms with Crippen LogP contribution >= 0.6 is 23.1 Å². The van der Waals surface area contributed by atoms with Gasteiger partial charge >= 0.3 is 0 Å². The van der Waals surface area contributed by atoms with Gasteiger partial charge in [0.25, 0.3) is 0 Å². The van der Waals surface area contributed by atoms with Crippen LogP contribution in [0.25, 0.3) is 0 Å². The molecule has 1 aliphatic rings. The molecule has 0 saturated heterocycles. The van der Waals surface area contributed by atoms with Crippen molar-refractivity contribution in [2.45, 2.75) is 24.3 Å². The molecule has 2 nitrogen and oxygen atoms in total. The predicted octanol–water partition coefficient (Wildman–Crippen LogP) is 2.89. The van der Waals surface area contributed by atoms with E-state index in [1.807, 2.05) is 6.26 Å². The molecule has 1 aromatic heterocycles. The fourth-order valence-corrected chi connectivity index (χ4v) is 4.06. The van der Waals surface area contributed by atoms with Gasteiger partial charge < -0.3 is 5.73 Å². The summed E-state index contributed by atoms with van der Waals surface area (Å²) in [5, 5.41) is 9.33. The van der Waals surface area contributed by atoms with Gasteiger partial charge in [-0.25, -0.2) is 4.39 Å². The maximum absolute atomic E-state index is 13.7. The SMILES string of the molecule is CSC1c2c(sc(N)c2C#N)CCC1F. The van der Waals surface area contributed by atoms with Crippen molar-refractivity contribution in [3.63, 3.8) is 0 Å². The van der Waals surface area contributed by atoms with Gasteiger partial charge in [0.15, 0.2) is 0 Å². The minimum Gasteiger partial charge on any atom is -0.389 e. The summed E-state index contributed by atoms with van der Waals surface area (Å²) in [5.41, 5.74) is 7.11. The molecule has 2 rings (SSSR count). The topological polar surface area (TPSA) is 49.8 Å². The zero-order chi connectivity index (χ0) is 11.0. The number of nitrogens with two attached hydrogens (primary N) is 1. The van der Waals surface area contributed by atoms with Crippen LogP contribution in [-0.2, 0) is 6.42 Å². The second-order valence-electron chi connectivity index (χ2n) is 3.50. The Morgan fingerprint density at radius 1 is 1.67 bits per heavy atom. The first-order valence-electron chi connectivity index (χ1n) is 4.67. The first kappa shape index (κ1) is 10.8. The summed E-state index contributed by atoms with van der Waals surface area (Å²) in [4.78, 5) is 1.09. The number of aryl methyl sites for hydroxylation is 1. The van der Waals surface area contributed by atoms with Crippen molar-refractivity contribution in [3.8, 4) is 6.07 Å². The van der Waals surface area contributed by atoms with Crippen LogP contribution in [0.3, 0.4) is 0 Å². The average Bonchev–Trinajstić information content (AvgIpc) is 2.54. The van der Waals surface area contributed by atoms with E-state index < -0.39 is 6.17 Å². The highest BCUT2D eigenvalue weighted by Gasteiger charge is 2.33. The molecule has 0 saturated carbocycles. The van der Waals surface area contributed by atoms with Crippen molar-refractivity contribution in [1.29, 1.82) is 5.26 Å². The molecule has 2 unspecified atom stereocenters. The summed E-state index contributed by atoms with van der Waals surface area (Å²) >= 11 is 2.90. The van der Waals surface area contributed by atoms with E-state index in [9.17, 15) is 4.39 Å². The molecule has 0 radical (unpaired) electrons. The van der Waals surface area contributed by atoms with E-state index in [1.54, 1.807) is 0 Å². The molecule has 1 aromatic rings. The molecule has 0 aromatic carbocycles. The Hall–Kier alpha value is -0.730. The van der Waals surface area contributed by atoms with Crippen molar-refractivity contribution >= 4 is 28.1 Å². The van der Waals surface area contributed by atoms with Crippen molar-refractivity contribution in [2.75, 3.05) is 12.0 Å². The van der Waals surface area contributed by atoms with Gasteiger partial charge in [-0.05, 0) is 19.1 Å². The van der Waals surface area contributed by atoms with Gasteiger partial charge in [-0.2, -0.15) is 17.0 Å². The molecule has 0 aliphatic heterocycles. The number of nitrogens with zero attached hydrogens (tertiary/aromatic N) is 1. The third-order valence-corrected chi connectivity index (χ3v) is 4.81. The third kappa shape index (κ3) is 1.62. The molecule has 2 atom stereocenters. The molecule has 1 heterocycles. The highest BCUT2D eigenvalue weighted by molar-refractivity contribution is 7.98. The average molecular weight is 242 g/mol. The molecular weight excluding hydrogens is 231 g/mol. The standard InChI is InChI=1S/C10H11FN2S2/c1-14-9-6(11)2-3-7-8(9)5(4-12)10(13)15-7/h6,9H,2-3,13H2,1H3. The molecule has 15 heavy (non-hydrogen) atoms. The lowest BCUT2D eigenvalue weighted by molar-refractivity contribution is 0.298. The number of anilines is 1. The van der Waals surface area contributed by atoms with Crippen LogP contribution in [0.1, 0.15) is 27.7 Å². The Morgan fingerprint density at radius 3 is 3.00 bits per heavy atom. The fourth-order valence-electron chi connectivity index (χ4n) is 1.98. The minimum absolute atomic E-state index is 0.211. The Bertz CT molecular complexity index is 422.